The summed E-state index contributed by atoms with van der Waals surface area (Å²) in [4.78, 5) is 2.24. The first-order valence-corrected chi connectivity index (χ1v) is 7.09. The summed E-state index contributed by atoms with van der Waals surface area (Å²) < 4.78 is 1.81. The lowest BCUT2D eigenvalue weighted by Crippen LogP contribution is -2.32. The molecule has 0 saturated heterocycles. The summed E-state index contributed by atoms with van der Waals surface area (Å²) in [5, 5.41) is 16.7. The van der Waals surface area contributed by atoms with Crippen LogP contribution in [0, 0.1) is 12.8 Å². The van der Waals surface area contributed by atoms with E-state index in [0.29, 0.717) is 30.5 Å². The monoisotopic (exact) mass is 301 g/mol. The van der Waals surface area contributed by atoms with Gasteiger partial charge < -0.3 is 10.9 Å². The van der Waals surface area contributed by atoms with Gasteiger partial charge in [-0.15, -0.1) is 0 Å². The fourth-order valence-electron chi connectivity index (χ4n) is 2.14. The number of nitrogens with two attached hydrogens (primary N) is 1. The second-order valence-electron chi connectivity index (χ2n) is 5.44. The molecule has 0 radical (unpaired) electrons. The van der Waals surface area contributed by atoms with Crippen LogP contribution in [0.5, 0.6) is 0 Å². The van der Waals surface area contributed by atoms with Crippen molar-refractivity contribution in [2.24, 2.45) is 23.9 Å². The van der Waals surface area contributed by atoms with Crippen LogP contribution in [0.25, 0.3) is 0 Å². The number of aryl methyl sites for hydroxylation is 2. The van der Waals surface area contributed by atoms with E-state index in [1.165, 1.54) is 0 Å². The van der Waals surface area contributed by atoms with Crippen molar-refractivity contribution in [1.82, 2.24) is 14.7 Å². The van der Waals surface area contributed by atoms with Crippen molar-refractivity contribution in [3.05, 3.63) is 16.4 Å². The van der Waals surface area contributed by atoms with Gasteiger partial charge in [-0.2, -0.15) is 5.10 Å². The Balaban J connectivity index is 2.78. The molecule has 0 aliphatic carbocycles. The number of oxime groups is 1. The van der Waals surface area contributed by atoms with Gasteiger partial charge in [0.2, 0.25) is 0 Å². The molecule has 20 heavy (non-hydrogen) atoms. The average molecular weight is 302 g/mol. The Hall–Kier alpha value is -1.27. The molecular formula is C13H24ClN5O. The average Bonchev–Trinajstić information content (AvgIpc) is 2.61. The van der Waals surface area contributed by atoms with Crippen molar-refractivity contribution in [3.63, 3.8) is 0 Å². The van der Waals surface area contributed by atoms with Crippen LogP contribution in [0.3, 0.4) is 0 Å². The minimum Gasteiger partial charge on any atom is -0.409 e. The van der Waals surface area contributed by atoms with Gasteiger partial charge >= 0.3 is 0 Å². The van der Waals surface area contributed by atoms with Crippen molar-refractivity contribution in [1.29, 1.82) is 0 Å². The molecule has 0 aliphatic heterocycles. The van der Waals surface area contributed by atoms with E-state index in [4.69, 9.17) is 22.5 Å². The predicted molar refractivity (Wildman–Crippen MR) is 81.1 cm³/mol. The second kappa shape index (κ2) is 7.50. The SMILES string of the molecule is Cc1nn(C)c(CN(CCC(N)=NO)CC(C)C)c1Cl. The quantitative estimate of drug-likeness (QED) is 0.349. The second-order valence-corrected chi connectivity index (χ2v) is 5.82. The van der Waals surface area contributed by atoms with Crippen LogP contribution >= 0.6 is 11.6 Å². The number of hydrogen-bond acceptors (Lipinski definition) is 4. The smallest absolute Gasteiger partial charge is 0.140 e. The number of hydrogen-bond donors (Lipinski definition) is 2. The molecule has 3 N–H and O–H groups in total. The Labute approximate surface area is 125 Å². The zero-order valence-electron chi connectivity index (χ0n) is 12.6. The Kier molecular flexibility index (Phi) is 6.29. The molecule has 6 nitrogen and oxygen atoms in total. The van der Waals surface area contributed by atoms with Crippen LogP contribution in [0.4, 0.5) is 0 Å². The zero-order valence-corrected chi connectivity index (χ0v) is 13.4. The highest BCUT2D eigenvalue weighted by molar-refractivity contribution is 6.31. The van der Waals surface area contributed by atoms with E-state index in [2.05, 4.69) is 29.0 Å². The number of amidine groups is 1. The number of aromatic nitrogens is 2. The molecule has 0 bridgehead atoms. The van der Waals surface area contributed by atoms with Gasteiger partial charge in [0.25, 0.3) is 0 Å². The lowest BCUT2D eigenvalue weighted by Gasteiger charge is -2.24. The fraction of sp³-hybridized carbons (Fsp3) is 0.692. The van der Waals surface area contributed by atoms with E-state index in [1.807, 2.05) is 18.7 Å². The number of halogens is 1. The molecule has 0 aliphatic rings. The molecule has 0 aromatic carbocycles. The van der Waals surface area contributed by atoms with Gasteiger partial charge in [0.15, 0.2) is 0 Å². The highest BCUT2D eigenvalue weighted by Crippen LogP contribution is 2.21. The Bertz CT molecular complexity index is 470. The molecule has 0 amide bonds. The Morgan fingerprint density at radius 2 is 2.20 bits per heavy atom. The fourth-order valence-corrected chi connectivity index (χ4v) is 2.36. The van der Waals surface area contributed by atoms with E-state index < -0.39 is 0 Å². The predicted octanol–water partition coefficient (Wildman–Crippen LogP) is 1.98. The van der Waals surface area contributed by atoms with Gasteiger partial charge in [0.1, 0.15) is 5.84 Å². The summed E-state index contributed by atoms with van der Waals surface area (Å²) in [5.41, 5.74) is 7.37. The highest BCUT2D eigenvalue weighted by Gasteiger charge is 2.16. The summed E-state index contributed by atoms with van der Waals surface area (Å²) in [5.74, 6) is 0.765. The van der Waals surface area contributed by atoms with Gasteiger partial charge in [-0.1, -0.05) is 30.6 Å². The van der Waals surface area contributed by atoms with Gasteiger partial charge in [0, 0.05) is 33.1 Å². The third-order valence-corrected chi connectivity index (χ3v) is 3.56. The molecular weight excluding hydrogens is 278 g/mol. The molecule has 0 spiro atoms. The minimum absolute atomic E-state index is 0.242. The summed E-state index contributed by atoms with van der Waals surface area (Å²) in [6.07, 6.45) is 0.525. The maximum Gasteiger partial charge on any atom is 0.140 e. The standard InChI is InChI=1S/C13H24ClN5O/c1-9(2)7-19(6-5-12(15)17-20)8-11-13(14)10(3)16-18(11)4/h9,20H,5-8H2,1-4H3,(H2,15,17). The number of nitrogens with zero attached hydrogens (tertiary/aromatic N) is 4. The normalized spacial score (nSPS) is 12.7. The molecule has 0 fully saturated rings. The van der Waals surface area contributed by atoms with Crippen molar-refractivity contribution in [3.8, 4) is 0 Å². The van der Waals surface area contributed by atoms with Gasteiger partial charge in [-0.25, -0.2) is 0 Å². The van der Waals surface area contributed by atoms with Crippen LogP contribution in [0.1, 0.15) is 31.7 Å². The molecule has 1 aromatic heterocycles. The molecule has 7 heteroatoms. The zero-order chi connectivity index (χ0) is 15.3. The van der Waals surface area contributed by atoms with Crippen LogP contribution in [-0.2, 0) is 13.6 Å². The summed E-state index contributed by atoms with van der Waals surface area (Å²) in [7, 11) is 1.89. The van der Waals surface area contributed by atoms with Gasteiger partial charge in [0.05, 0.1) is 16.4 Å². The summed E-state index contributed by atoms with van der Waals surface area (Å²) in [6, 6.07) is 0. The summed E-state index contributed by atoms with van der Waals surface area (Å²) in [6.45, 7) is 8.55. The van der Waals surface area contributed by atoms with E-state index in [-0.39, 0.29) is 5.84 Å². The molecule has 0 saturated carbocycles. The molecule has 0 atom stereocenters. The van der Waals surface area contributed by atoms with Crippen LogP contribution in [0.15, 0.2) is 5.16 Å². The molecule has 1 aromatic rings. The van der Waals surface area contributed by atoms with Crippen LogP contribution in [0.2, 0.25) is 5.02 Å². The van der Waals surface area contributed by atoms with E-state index in [0.717, 1.165) is 17.9 Å². The maximum atomic E-state index is 8.62. The molecule has 1 heterocycles. The van der Waals surface area contributed by atoms with Crippen molar-refractivity contribution in [2.45, 2.75) is 33.7 Å². The molecule has 1 rings (SSSR count). The lowest BCUT2D eigenvalue weighted by atomic mass is 10.2. The van der Waals surface area contributed by atoms with Crippen molar-refractivity contribution in [2.75, 3.05) is 13.1 Å². The largest absolute Gasteiger partial charge is 0.409 e. The Morgan fingerprint density at radius 3 is 2.65 bits per heavy atom. The molecule has 0 unspecified atom stereocenters. The maximum absolute atomic E-state index is 8.62. The van der Waals surface area contributed by atoms with Crippen molar-refractivity contribution < 1.29 is 5.21 Å². The third kappa shape index (κ3) is 4.68. The van der Waals surface area contributed by atoms with E-state index in [1.54, 1.807) is 0 Å². The van der Waals surface area contributed by atoms with Gasteiger partial charge in [-0.3, -0.25) is 9.58 Å². The topological polar surface area (TPSA) is 79.7 Å². The van der Waals surface area contributed by atoms with E-state index in [9.17, 15) is 0 Å². The summed E-state index contributed by atoms with van der Waals surface area (Å²) >= 11 is 6.29. The first-order valence-electron chi connectivity index (χ1n) is 6.71. The third-order valence-electron chi connectivity index (χ3n) is 3.07. The van der Waals surface area contributed by atoms with Crippen LogP contribution in [-0.4, -0.2) is 38.8 Å². The van der Waals surface area contributed by atoms with E-state index >= 15 is 0 Å². The molecule has 114 valence electrons. The number of rotatable bonds is 7. The Morgan fingerprint density at radius 1 is 1.55 bits per heavy atom. The van der Waals surface area contributed by atoms with Crippen LogP contribution < -0.4 is 5.73 Å². The first kappa shape index (κ1) is 16.8. The first-order chi connectivity index (χ1) is 9.35. The van der Waals surface area contributed by atoms with Gasteiger partial charge in [-0.05, 0) is 12.8 Å². The minimum atomic E-state index is 0.242. The highest BCUT2D eigenvalue weighted by atomic mass is 35.5. The van der Waals surface area contributed by atoms with Crippen molar-refractivity contribution >= 4 is 17.4 Å². The lowest BCUT2D eigenvalue weighted by molar-refractivity contribution is 0.235.